The highest BCUT2D eigenvalue weighted by Gasteiger charge is 2.30. The summed E-state index contributed by atoms with van der Waals surface area (Å²) in [6.45, 7) is 2.61. The summed E-state index contributed by atoms with van der Waals surface area (Å²) in [5, 5.41) is 7.99. The number of fused-ring (bicyclic) bond motifs is 1. The summed E-state index contributed by atoms with van der Waals surface area (Å²) >= 11 is 2.00. The summed E-state index contributed by atoms with van der Waals surface area (Å²) in [5.41, 5.74) is 3.37. The molecule has 2 fully saturated rings. The van der Waals surface area contributed by atoms with Gasteiger partial charge >= 0.3 is 0 Å². The quantitative estimate of drug-likeness (QED) is 0.579. The van der Waals surface area contributed by atoms with Crippen molar-refractivity contribution in [2.24, 2.45) is 5.92 Å². The molecular weight excluding hydrogens is 418 g/mol. The van der Waals surface area contributed by atoms with Gasteiger partial charge in [0.25, 0.3) is 5.91 Å². The van der Waals surface area contributed by atoms with Crippen LogP contribution in [0.1, 0.15) is 28.8 Å². The van der Waals surface area contributed by atoms with E-state index in [0.717, 1.165) is 42.3 Å². The number of carbonyl (C=O) groups excluding carboxylic acids is 2. The third-order valence-corrected chi connectivity index (χ3v) is 7.04. The van der Waals surface area contributed by atoms with Gasteiger partial charge in [-0.25, -0.2) is 0 Å². The van der Waals surface area contributed by atoms with Gasteiger partial charge in [-0.1, -0.05) is 36.4 Å². The molecule has 164 valence electrons. The van der Waals surface area contributed by atoms with Crippen molar-refractivity contribution >= 4 is 45.7 Å². The Bertz CT molecular complexity index is 1140. The predicted octanol–water partition coefficient (Wildman–Crippen LogP) is 4.67. The van der Waals surface area contributed by atoms with Gasteiger partial charge in [0, 0.05) is 42.7 Å². The molecule has 1 saturated carbocycles. The predicted molar refractivity (Wildman–Crippen MR) is 132 cm³/mol. The van der Waals surface area contributed by atoms with Crippen LogP contribution in [0.5, 0.6) is 0 Å². The van der Waals surface area contributed by atoms with Crippen molar-refractivity contribution in [2.75, 3.05) is 34.8 Å². The van der Waals surface area contributed by atoms with Crippen LogP contribution in [0.4, 0.5) is 11.4 Å². The fourth-order valence-corrected chi connectivity index (χ4v) is 4.94. The Labute approximate surface area is 192 Å². The van der Waals surface area contributed by atoms with Gasteiger partial charge in [-0.05, 0) is 53.4 Å². The molecule has 0 radical (unpaired) electrons. The highest BCUT2D eigenvalue weighted by Crippen LogP contribution is 2.32. The second-order valence-corrected chi connectivity index (χ2v) is 9.68. The number of benzene rings is 3. The number of anilines is 2. The molecule has 3 aromatic carbocycles. The molecule has 6 heteroatoms. The SMILES string of the molecule is O=C(NCc1ccc(N2CCSCC2)cc1)c1cc2ccccc2cc1NC(=O)C1CC1. The van der Waals surface area contributed by atoms with Crippen LogP contribution >= 0.6 is 11.8 Å². The minimum Gasteiger partial charge on any atom is -0.370 e. The number of thioether (sulfide) groups is 1. The maximum absolute atomic E-state index is 13.1. The number of hydrogen-bond acceptors (Lipinski definition) is 4. The lowest BCUT2D eigenvalue weighted by Gasteiger charge is -2.28. The zero-order valence-corrected chi connectivity index (χ0v) is 18.8. The number of amides is 2. The number of hydrogen-bond donors (Lipinski definition) is 2. The highest BCUT2D eigenvalue weighted by atomic mass is 32.2. The molecule has 1 heterocycles. The molecule has 0 bridgehead atoms. The molecule has 5 rings (SSSR count). The topological polar surface area (TPSA) is 61.4 Å². The monoisotopic (exact) mass is 445 g/mol. The number of carbonyl (C=O) groups is 2. The molecule has 3 aromatic rings. The van der Waals surface area contributed by atoms with Gasteiger partial charge in [-0.3, -0.25) is 9.59 Å². The minimum absolute atomic E-state index is 0.000956. The van der Waals surface area contributed by atoms with Crippen LogP contribution < -0.4 is 15.5 Å². The molecule has 2 aliphatic rings. The van der Waals surface area contributed by atoms with Crippen LogP contribution in [-0.4, -0.2) is 36.4 Å². The van der Waals surface area contributed by atoms with E-state index in [-0.39, 0.29) is 17.7 Å². The molecule has 1 saturated heterocycles. The van der Waals surface area contributed by atoms with Gasteiger partial charge < -0.3 is 15.5 Å². The fourth-order valence-electron chi connectivity index (χ4n) is 4.04. The van der Waals surface area contributed by atoms with Crippen molar-refractivity contribution in [3.63, 3.8) is 0 Å². The molecule has 5 nitrogen and oxygen atoms in total. The number of nitrogens with one attached hydrogen (secondary N) is 2. The van der Waals surface area contributed by atoms with Crippen molar-refractivity contribution in [2.45, 2.75) is 19.4 Å². The average Bonchev–Trinajstić information content (AvgIpc) is 3.69. The third-order valence-electron chi connectivity index (χ3n) is 6.10. The molecule has 0 unspecified atom stereocenters. The number of rotatable bonds is 6. The average molecular weight is 446 g/mol. The summed E-state index contributed by atoms with van der Waals surface area (Å²) in [5.74, 6) is 2.24. The third kappa shape index (κ3) is 4.75. The van der Waals surface area contributed by atoms with E-state index in [1.807, 2.05) is 48.2 Å². The van der Waals surface area contributed by atoms with E-state index in [0.29, 0.717) is 17.8 Å². The zero-order valence-electron chi connectivity index (χ0n) is 18.0. The van der Waals surface area contributed by atoms with Gasteiger partial charge in [0.15, 0.2) is 0 Å². The second kappa shape index (κ2) is 9.25. The largest absolute Gasteiger partial charge is 0.370 e. The van der Waals surface area contributed by atoms with Crippen LogP contribution in [0.15, 0.2) is 60.7 Å². The molecule has 0 spiro atoms. The van der Waals surface area contributed by atoms with Crippen LogP contribution in [0, 0.1) is 5.92 Å². The Morgan fingerprint density at radius 3 is 2.31 bits per heavy atom. The molecular formula is C26H27N3O2S. The molecule has 2 N–H and O–H groups in total. The van der Waals surface area contributed by atoms with Crippen molar-refractivity contribution in [1.82, 2.24) is 5.32 Å². The van der Waals surface area contributed by atoms with Crippen molar-refractivity contribution in [3.05, 3.63) is 71.8 Å². The van der Waals surface area contributed by atoms with Gasteiger partial charge in [-0.15, -0.1) is 0 Å². The lowest BCUT2D eigenvalue weighted by molar-refractivity contribution is -0.117. The van der Waals surface area contributed by atoms with Gasteiger partial charge in [0.1, 0.15) is 0 Å². The van der Waals surface area contributed by atoms with Crippen LogP contribution in [0.3, 0.4) is 0 Å². The first-order chi connectivity index (χ1) is 15.7. The summed E-state index contributed by atoms with van der Waals surface area (Å²) in [4.78, 5) is 27.9. The standard InChI is InChI=1S/C26H27N3O2S/c30-25(19-7-8-19)28-24-16-21-4-2-1-3-20(21)15-23(24)26(31)27-17-18-5-9-22(10-6-18)29-11-13-32-14-12-29/h1-6,9-10,15-16,19H,7-8,11-14,17H2,(H,27,31)(H,28,30). The fraction of sp³-hybridized carbons (Fsp3) is 0.308. The molecule has 0 atom stereocenters. The Hall–Kier alpha value is -2.99. The minimum atomic E-state index is -0.181. The van der Waals surface area contributed by atoms with Crippen molar-refractivity contribution in [1.29, 1.82) is 0 Å². The van der Waals surface area contributed by atoms with Gasteiger partial charge in [0.05, 0.1) is 11.3 Å². The summed E-state index contributed by atoms with van der Waals surface area (Å²) in [6, 6.07) is 20.1. The Balaban J connectivity index is 1.30. The molecule has 1 aliphatic heterocycles. The summed E-state index contributed by atoms with van der Waals surface area (Å²) in [6.07, 6.45) is 1.85. The summed E-state index contributed by atoms with van der Waals surface area (Å²) < 4.78 is 0. The Morgan fingerprint density at radius 2 is 1.62 bits per heavy atom. The van der Waals surface area contributed by atoms with Crippen molar-refractivity contribution < 1.29 is 9.59 Å². The Kier molecular flexibility index (Phi) is 6.04. The molecule has 0 aromatic heterocycles. The van der Waals surface area contributed by atoms with E-state index in [1.165, 1.54) is 17.2 Å². The highest BCUT2D eigenvalue weighted by molar-refractivity contribution is 7.99. The normalized spacial score (nSPS) is 16.1. The number of nitrogens with zero attached hydrogens (tertiary/aromatic N) is 1. The van der Waals surface area contributed by atoms with E-state index >= 15 is 0 Å². The smallest absolute Gasteiger partial charge is 0.253 e. The van der Waals surface area contributed by atoms with E-state index in [4.69, 9.17) is 0 Å². The zero-order chi connectivity index (χ0) is 21.9. The molecule has 32 heavy (non-hydrogen) atoms. The van der Waals surface area contributed by atoms with Crippen LogP contribution in [-0.2, 0) is 11.3 Å². The summed E-state index contributed by atoms with van der Waals surface area (Å²) in [7, 11) is 0. The lowest BCUT2D eigenvalue weighted by Crippen LogP contribution is -2.32. The maximum Gasteiger partial charge on any atom is 0.253 e. The van der Waals surface area contributed by atoms with E-state index in [2.05, 4.69) is 39.8 Å². The van der Waals surface area contributed by atoms with Crippen LogP contribution in [0.2, 0.25) is 0 Å². The lowest BCUT2D eigenvalue weighted by atomic mass is 10.0. The second-order valence-electron chi connectivity index (χ2n) is 8.46. The van der Waals surface area contributed by atoms with Crippen LogP contribution in [0.25, 0.3) is 10.8 Å². The van der Waals surface area contributed by atoms with E-state index in [9.17, 15) is 9.59 Å². The first-order valence-corrected chi connectivity index (χ1v) is 12.4. The van der Waals surface area contributed by atoms with Gasteiger partial charge in [-0.2, -0.15) is 11.8 Å². The first kappa shape index (κ1) is 20.9. The first-order valence-electron chi connectivity index (χ1n) is 11.2. The molecule has 1 aliphatic carbocycles. The molecule has 2 amide bonds. The van der Waals surface area contributed by atoms with E-state index in [1.54, 1.807) is 0 Å². The van der Waals surface area contributed by atoms with Gasteiger partial charge in [0.2, 0.25) is 5.91 Å². The van der Waals surface area contributed by atoms with Crippen molar-refractivity contribution in [3.8, 4) is 0 Å². The Morgan fingerprint density at radius 1 is 0.938 bits per heavy atom. The maximum atomic E-state index is 13.1. The van der Waals surface area contributed by atoms with E-state index < -0.39 is 0 Å².